The number of carbonyl (C=O) groups is 1. The van der Waals surface area contributed by atoms with Gasteiger partial charge in [0.2, 0.25) is 5.91 Å². The lowest BCUT2D eigenvalue weighted by Gasteiger charge is -2.30. The van der Waals surface area contributed by atoms with Crippen LogP contribution in [0.15, 0.2) is 0 Å². The molecule has 0 saturated carbocycles. The Balaban J connectivity index is 2.48. The van der Waals surface area contributed by atoms with Gasteiger partial charge in [-0.3, -0.25) is 10.2 Å². The second-order valence-electron chi connectivity index (χ2n) is 5.42. The van der Waals surface area contributed by atoms with E-state index < -0.39 is 5.41 Å². The van der Waals surface area contributed by atoms with E-state index in [9.17, 15) is 4.79 Å². The molecule has 0 aromatic rings. The van der Waals surface area contributed by atoms with Gasteiger partial charge in [-0.1, -0.05) is 0 Å². The molecule has 1 atom stereocenters. The van der Waals surface area contributed by atoms with E-state index in [-0.39, 0.29) is 5.91 Å². The fraction of sp³-hybridized carbons (Fsp3) is 0.917. The van der Waals surface area contributed by atoms with Crippen LogP contribution >= 0.6 is 11.8 Å². The standard InChI is InChI=1S/C12H25N3OS/c1-12(2,11(16)14-13)9-15-7-4-5-10(17-3)6-8-15/h10H,4-9,13H2,1-3H3,(H,14,16). The van der Waals surface area contributed by atoms with Crippen LogP contribution in [0.4, 0.5) is 0 Å². The molecule has 0 aromatic carbocycles. The lowest BCUT2D eigenvalue weighted by atomic mass is 9.91. The smallest absolute Gasteiger partial charge is 0.240 e. The summed E-state index contributed by atoms with van der Waals surface area (Å²) in [6.45, 7) is 6.88. The highest BCUT2D eigenvalue weighted by atomic mass is 32.2. The van der Waals surface area contributed by atoms with Crippen LogP contribution in [0.3, 0.4) is 0 Å². The molecule has 1 saturated heterocycles. The van der Waals surface area contributed by atoms with E-state index in [1.807, 2.05) is 25.6 Å². The number of nitrogens with one attached hydrogen (secondary N) is 1. The van der Waals surface area contributed by atoms with Crippen LogP contribution in [0.5, 0.6) is 0 Å². The summed E-state index contributed by atoms with van der Waals surface area (Å²) in [7, 11) is 0. The van der Waals surface area contributed by atoms with Crippen molar-refractivity contribution in [1.29, 1.82) is 0 Å². The van der Waals surface area contributed by atoms with E-state index in [4.69, 9.17) is 5.84 Å². The average molecular weight is 259 g/mol. The summed E-state index contributed by atoms with van der Waals surface area (Å²) in [6, 6.07) is 0. The minimum Gasteiger partial charge on any atom is -0.302 e. The van der Waals surface area contributed by atoms with Crippen LogP contribution in [0, 0.1) is 5.41 Å². The summed E-state index contributed by atoms with van der Waals surface area (Å²) in [5.74, 6) is 5.14. The fourth-order valence-corrected chi connectivity index (χ4v) is 3.09. The monoisotopic (exact) mass is 259 g/mol. The number of carbonyl (C=O) groups excluding carboxylic acids is 1. The van der Waals surface area contributed by atoms with Gasteiger partial charge in [0.1, 0.15) is 0 Å². The van der Waals surface area contributed by atoms with Crippen molar-refractivity contribution in [2.24, 2.45) is 11.3 Å². The summed E-state index contributed by atoms with van der Waals surface area (Å²) in [5, 5.41) is 0.784. The van der Waals surface area contributed by atoms with E-state index in [1.165, 1.54) is 19.3 Å². The highest BCUT2D eigenvalue weighted by Crippen LogP contribution is 2.24. The van der Waals surface area contributed by atoms with Crippen LogP contribution in [0.2, 0.25) is 0 Å². The maximum atomic E-state index is 11.6. The van der Waals surface area contributed by atoms with Crippen molar-refractivity contribution in [2.45, 2.75) is 38.4 Å². The molecular weight excluding hydrogens is 234 g/mol. The molecule has 0 radical (unpaired) electrons. The van der Waals surface area contributed by atoms with Crippen LogP contribution in [0.1, 0.15) is 33.1 Å². The zero-order chi connectivity index (χ0) is 12.9. The molecule has 1 unspecified atom stereocenters. The van der Waals surface area contributed by atoms with Crippen LogP contribution < -0.4 is 11.3 Å². The number of hydrogen-bond donors (Lipinski definition) is 2. The summed E-state index contributed by atoms with van der Waals surface area (Å²) < 4.78 is 0. The Labute approximate surface area is 109 Å². The Morgan fingerprint density at radius 1 is 1.47 bits per heavy atom. The predicted molar refractivity (Wildman–Crippen MR) is 73.7 cm³/mol. The third kappa shape index (κ3) is 4.48. The number of hydrogen-bond acceptors (Lipinski definition) is 4. The number of hydrazine groups is 1. The van der Waals surface area contributed by atoms with Crippen molar-refractivity contribution < 1.29 is 4.79 Å². The molecule has 100 valence electrons. The molecule has 17 heavy (non-hydrogen) atoms. The van der Waals surface area contributed by atoms with Gasteiger partial charge < -0.3 is 4.90 Å². The van der Waals surface area contributed by atoms with Crippen molar-refractivity contribution in [3.63, 3.8) is 0 Å². The Hall–Kier alpha value is -0.260. The Morgan fingerprint density at radius 2 is 2.18 bits per heavy atom. The normalized spacial score (nSPS) is 23.2. The summed E-state index contributed by atoms with van der Waals surface area (Å²) in [5.41, 5.74) is 1.85. The van der Waals surface area contributed by atoms with Gasteiger partial charge in [-0.15, -0.1) is 0 Å². The molecule has 0 spiro atoms. The second-order valence-corrected chi connectivity index (χ2v) is 6.56. The molecule has 1 amide bonds. The van der Waals surface area contributed by atoms with Crippen molar-refractivity contribution in [1.82, 2.24) is 10.3 Å². The van der Waals surface area contributed by atoms with Gasteiger partial charge in [0.25, 0.3) is 0 Å². The molecule has 5 heteroatoms. The minimum absolute atomic E-state index is 0.0804. The van der Waals surface area contributed by atoms with Gasteiger partial charge in [0.05, 0.1) is 5.41 Å². The third-order valence-electron chi connectivity index (χ3n) is 3.47. The molecule has 4 nitrogen and oxygen atoms in total. The molecule has 1 heterocycles. The lowest BCUT2D eigenvalue weighted by Crippen LogP contribution is -2.47. The molecule has 1 aliphatic rings. The predicted octanol–water partition coefficient (Wildman–Crippen LogP) is 1.22. The van der Waals surface area contributed by atoms with E-state index in [0.717, 1.165) is 24.9 Å². The maximum Gasteiger partial charge on any atom is 0.240 e. The maximum absolute atomic E-state index is 11.6. The van der Waals surface area contributed by atoms with Crippen molar-refractivity contribution in [3.05, 3.63) is 0 Å². The lowest BCUT2D eigenvalue weighted by molar-refractivity contribution is -0.130. The molecule has 0 aromatic heterocycles. The van der Waals surface area contributed by atoms with Crippen molar-refractivity contribution >= 4 is 17.7 Å². The highest BCUT2D eigenvalue weighted by molar-refractivity contribution is 7.99. The fourth-order valence-electron chi connectivity index (χ4n) is 2.35. The molecule has 3 N–H and O–H groups in total. The van der Waals surface area contributed by atoms with Gasteiger partial charge in [0.15, 0.2) is 0 Å². The summed E-state index contributed by atoms with van der Waals surface area (Å²) in [4.78, 5) is 14.0. The molecule has 0 aliphatic carbocycles. The quantitative estimate of drug-likeness (QED) is 0.453. The Bertz CT molecular complexity index is 258. The number of rotatable bonds is 4. The SMILES string of the molecule is CSC1CCCN(CC(C)(C)C(=O)NN)CC1. The topological polar surface area (TPSA) is 58.4 Å². The van der Waals surface area contributed by atoms with Crippen LogP contribution in [0.25, 0.3) is 0 Å². The van der Waals surface area contributed by atoms with Gasteiger partial charge >= 0.3 is 0 Å². The van der Waals surface area contributed by atoms with Crippen LogP contribution in [-0.4, -0.2) is 41.9 Å². The zero-order valence-corrected chi connectivity index (χ0v) is 12.0. The van der Waals surface area contributed by atoms with E-state index >= 15 is 0 Å². The largest absolute Gasteiger partial charge is 0.302 e. The number of nitrogens with two attached hydrogens (primary N) is 1. The molecule has 1 aliphatic heterocycles. The average Bonchev–Trinajstić information content (AvgIpc) is 2.52. The zero-order valence-electron chi connectivity index (χ0n) is 11.2. The van der Waals surface area contributed by atoms with Crippen molar-refractivity contribution in [2.75, 3.05) is 25.9 Å². The Kier molecular flexibility index (Phi) is 5.76. The summed E-state index contributed by atoms with van der Waals surface area (Å²) in [6.07, 6.45) is 5.93. The number of thioether (sulfide) groups is 1. The number of likely N-dealkylation sites (tertiary alicyclic amines) is 1. The van der Waals surface area contributed by atoms with Gasteiger partial charge in [-0.25, -0.2) is 5.84 Å². The van der Waals surface area contributed by atoms with E-state index in [0.29, 0.717) is 0 Å². The molecule has 0 bridgehead atoms. The van der Waals surface area contributed by atoms with Gasteiger partial charge in [0, 0.05) is 11.8 Å². The van der Waals surface area contributed by atoms with Gasteiger partial charge in [-0.2, -0.15) is 11.8 Å². The molecule has 1 fully saturated rings. The molecule has 1 rings (SSSR count). The van der Waals surface area contributed by atoms with E-state index in [2.05, 4.69) is 16.6 Å². The first-order chi connectivity index (χ1) is 7.99. The Morgan fingerprint density at radius 3 is 2.76 bits per heavy atom. The van der Waals surface area contributed by atoms with Gasteiger partial charge in [-0.05, 0) is 52.5 Å². The summed E-state index contributed by atoms with van der Waals surface area (Å²) >= 11 is 1.96. The van der Waals surface area contributed by atoms with Crippen LogP contribution in [-0.2, 0) is 4.79 Å². The second kappa shape index (κ2) is 6.61. The number of nitrogens with zero attached hydrogens (tertiary/aromatic N) is 1. The van der Waals surface area contributed by atoms with Crippen molar-refractivity contribution in [3.8, 4) is 0 Å². The minimum atomic E-state index is -0.409. The molecular formula is C12H25N3OS. The third-order valence-corrected chi connectivity index (χ3v) is 4.60. The first-order valence-electron chi connectivity index (χ1n) is 6.26. The highest BCUT2D eigenvalue weighted by Gasteiger charge is 2.30. The van der Waals surface area contributed by atoms with E-state index in [1.54, 1.807) is 0 Å². The first kappa shape index (κ1) is 14.8. The number of amides is 1. The first-order valence-corrected chi connectivity index (χ1v) is 7.54.